The van der Waals surface area contributed by atoms with Crippen molar-refractivity contribution in [3.8, 4) is 0 Å². The normalized spacial score (nSPS) is 38.1. The number of ketones is 1. The molecule has 20 heavy (non-hydrogen) atoms. The molecule has 5 heteroatoms. The van der Waals surface area contributed by atoms with Gasteiger partial charge in [0.25, 0.3) is 0 Å². The highest BCUT2D eigenvalue weighted by Crippen LogP contribution is 2.33. The van der Waals surface area contributed by atoms with Gasteiger partial charge < -0.3 is 0 Å². The molecule has 4 aliphatic rings. The Balaban J connectivity index is 1.60. The second-order valence-electron chi connectivity index (χ2n) is 6.03. The number of carbonyl (C=O) groups excluding carboxylic acids is 1. The van der Waals surface area contributed by atoms with E-state index in [1.807, 2.05) is 18.2 Å². The van der Waals surface area contributed by atoms with E-state index in [0.29, 0.717) is 17.7 Å². The average molecular weight is 270 g/mol. The van der Waals surface area contributed by atoms with E-state index < -0.39 is 0 Å². The summed E-state index contributed by atoms with van der Waals surface area (Å²) in [7, 11) is 0. The zero-order valence-electron chi connectivity index (χ0n) is 11.5. The summed E-state index contributed by atoms with van der Waals surface area (Å²) in [6.07, 6.45) is 8.92. The van der Waals surface area contributed by atoms with Crippen LogP contribution in [0.15, 0.2) is 34.0 Å². The number of allylic oxidation sites excluding steroid dienone is 4. The van der Waals surface area contributed by atoms with E-state index in [1.54, 1.807) is 0 Å². The van der Waals surface area contributed by atoms with Gasteiger partial charge in [-0.3, -0.25) is 10.2 Å². The van der Waals surface area contributed by atoms with Crippen molar-refractivity contribution in [2.45, 2.75) is 38.3 Å². The lowest BCUT2D eigenvalue weighted by atomic mass is 9.85. The fourth-order valence-corrected chi connectivity index (χ4v) is 3.74. The molecule has 0 aromatic heterocycles. The summed E-state index contributed by atoms with van der Waals surface area (Å²) < 4.78 is 0. The summed E-state index contributed by atoms with van der Waals surface area (Å²) >= 11 is 0. The predicted octanol–water partition coefficient (Wildman–Crippen LogP) is 1.24. The van der Waals surface area contributed by atoms with Crippen molar-refractivity contribution in [2.75, 3.05) is 6.54 Å². The van der Waals surface area contributed by atoms with E-state index in [2.05, 4.69) is 27.6 Å². The minimum atomic E-state index is -0.0636. The molecule has 4 unspecified atom stereocenters. The van der Waals surface area contributed by atoms with Gasteiger partial charge in [0, 0.05) is 24.6 Å². The number of nitrogens with zero attached hydrogens (tertiary/aromatic N) is 3. The summed E-state index contributed by atoms with van der Waals surface area (Å²) in [4.78, 5) is 12.9. The van der Waals surface area contributed by atoms with E-state index in [9.17, 15) is 4.79 Å². The van der Waals surface area contributed by atoms with Crippen LogP contribution >= 0.6 is 0 Å². The molecule has 1 aliphatic carbocycles. The molecule has 2 saturated heterocycles. The molecule has 3 aliphatic heterocycles. The maximum Gasteiger partial charge on any atom is 0.202 e. The van der Waals surface area contributed by atoms with Crippen molar-refractivity contribution >= 4 is 17.2 Å². The molecular formula is C15H18N4O. The Bertz CT molecular complexity index is 573. The maximum absolute atomic E-state index is 12.9. The van der Waals surface area contributed by atoms with Gasteiger partial charge in [-0.15, -0.1) is 5.10 Å². The van der Waals surface area contributed by atoms with Gasteiger partial charge in [-0.1, -0.05) is 18.2 Å². The highest BCUT2D eigenvalue weighted by molar-refractivity contribution is 6.55. The van der Waals surface area contributed by atoms with Gasteiger partial charge in [-0.25, -0.2) is 5.01 Å². The molecule has 2 bridgehead atoms. The Morgan fingerprint density at radius 1 is 1.45 bits per heavy atom. The van der Waals surface area contributed by atoms with E-state index in [4.69, 9.17) is 0 Å². The zero-order valence-corrected chi connectivity index (χ0v) is 11.5. The van der Waals surface area contributed by atoms with Crippen LogP contribution in [0.25, 0.3) is 0 Å². The number of hydrogen-bond acceptors (Lipinski definition) is 5. The van der Waals surface area contributed by atoms with E-state index in [1.165, 1.54) is 0 Å². The first-order valence-corrected chi connectivity index (χ1v) is 7.33. The van der Waals surface area contributed by atoms with E-state index >= 15 is 0 Å². The molecular weight excluding hydrogens is 252 g/mol. The van der Waals surface area contributed by atoms with Gasteiger partial charge in [0.05, 0.1) is 11.8 Å². The van der Waals surface area contributed by atoms with Crippen molar-refractivity contribution in [3.05, 3.63) is 23.8 Å². The predicted molar refractivity (Wildman–Crippen MR) is 77.5 cm³/mol. The van der Waals surface area contributed by atoms with Gasteiger partial charge in [0.1, 0.15) is 5.71 Å². The summed E-state index contributed by atoms with van der Waals surface area (Å²) in [5.74, 6) is 0.581. The third-order valence-electron chi connectivity index (χ3n) is 4.61. The molecule has 104 valence electrons. The number of Topliss-reactive ketones (excluding diaryl/α,β-unsaturated/α-hetero) is 1. The lowest BCUT2D eigenvalue weighted by Gasteiger charge is -2.36. The molecule has 1 N–H and O–H groups in total. The summed E-state index contributed by atoms with van der Waals surface area (Å²) in [6.45, 7) is 3.13. The third kappa shape index (κ3) is 1.73. The van der Waals surface area contributed by atoms with Gasteiger partial charge >= 0.3 is 0 Å². The number of hydrazine groups is 1. The van der Waals surface area contributed by atoms with Crippen LogP contribution in [0.1, 0.15) is 26.2 Å². The van der Waals surface area contributed by atoms with Crippen LogP contribution in [0.5, 0.6) is 0 Å². The molecule has 0 spiro atoms. The highest BCUT2D eigenvalue weighted by atomic mass is 16.1. The van der Waals surface area contributed by atoms with E-state index in [0.717, 1.165) is 37.1 Å². The lowest BCUT2D eigenvalue weighted by molar-refractivity contribution is -0.120. The standard InChI is InChI=1S/C15H18N4O/c1-9-8-10-6-7-19(18-9)14(10)15(20)13-11-4-2-3-5-12(11)16-17-13/h2-4,9-10,14,18H,5-8H2,1H3. The smallest absolute Gasteiger partial charge is 0.202 e. The monoisotopic (exact) mass is 270 g/mol. The Morgan fingerprint density at radius 3 is 3.20 bits per heavy atom. The Labute approximate surface area is 118 Å². The number of nitrogens with one attached hydrogen (secondary N) is 1. The van der Waals surface area contributed by atoms with Crippen LogP contribution in [-0.2, 0) is 4.79 Å². The highest BCUT2D eigenvalue weighted by Gasteiger charge is 2.46. The molecule has 0 radical (unpaired) electrons. The molecule has 3 heterocycles. The minimum absolute atomic E-state index is 0.0636. The largest absolute Gasteiger partial charge is 0.290 e. The first-order valence-electron chi connectivity index (χ1n) is 7.33. The Hall–Kier alpha value is -1.59. The van der Waals surface area contributed by atoms with Gasteiger partial charge in [-0.05, 0) is 25.7 Å². The molecule has 0 aromatic carbocycles. The topological polar surface area (TPSA) is 57.1 Å². The summed E-state index contributed by atoms with van der Waals surface area (Å²) in [6, 6.07) is 0.395. The second kappa shape index (κ2) is 4.46. The lowest BCUT2D eigenvalue weighted by Crippen LogP contribution is -2.56. The SMILES string of the molecule is CC1CC2CCN(N1)C2C(=O)C1=NN=C2CC=CC=C21. The fourth-order valence-electron chi connectivity index (χ4n) is 3.74. The molecule has 5 nitrogen and oxygen atoms in total. The molecule has 0 aromatic rings. The molecule has 4 atom stereocenters. The van der Waals surface area contributed by atoms with Crippen molar-refractivity contribution in [1.29, 1.82) is 0 Å². The zero-order chi connectivity index (χ0) is 13.7. The van der Waals surface area contributed by atoms with Crippen molar-refractivity contribution in [1.82, 2.24) is 10.4 Å². The van der Waals surface area contributed by atoms with Gasteiger partial charge in [0.15, 0.2) is 0 Å². The maximum atomic E-state index is 12.9. The fraction of sp³-hybridized carbons (Fsp3) is 0.533. The van der Waals surface area contributed by atoms with Crippen LogP contribution in [0.3, 0.4) is 0 Å². The van der Waals surface area contributed by atoms with Crippen molar-refractivity contribution in [3.63, 3.8) is 0 Å². The van der Waals surface area contributed by atoms with Gasteiger partial charge in [0.2, 0.25) is 5.78 Å². The van der Waals surface area contributed by atoms with Crippen LogP contribution in [0.4, 0.5) is 0 Å². The molecule has 0 saturated carbocycles. The molecule has 0 amide bonds. The first-order chi connectivity index (χ1) is 9.74. The second-order valence-corrected chi connectivity index (χ2v) is 6.03. The number of hydrogen-bond donors (Lipinski definition) is 1. The van der Waals surface area contributed by atoms with Crippen molar-refractivity contribution < 1.29 is 4.79 Å². The summed E-state index contributed by atoms with van der Waals surface area (Å²) in [5, 5.41) is 10.4. The molecule has 4 rings (SSSR count). The first kappa shape index (κ1) is 12.2. The van der Waals surface area contributed by atoms with Gasteiger partial charge in [-0.2, -0.15) is 5.10 Å². The number of rotatable bonds is 2. The van der Waals surface area contributed by atoms with Crippen LogP contribution < -0.4 is 5.43 Å². The minimum Gasteiger partial charge on any atom is -0.290 e. The van der Waals surface area contributed by atoms with Crippen LogP contribution in [0, 0.1) is 5.92 Å². The molecule has 2 fully saturated rings. The van der Waals surface area contributed by atoms with Crippen LogP contribution in [0.2, 0.25) is 0 Å². The van der Waals surface area contributed by atoms with Crippen LogP contribution in [-0.4, -0.2) is 40.8 Å². The Kier molecular flexibility index (Phi) is 2.72. The van der Waals surface area contributed by atoms with Crippen molar-refractivity contribution in [2.24, 2.45) is 16.1 Å². The quantitative estimate of drug-likeness (QED) is 0.821. The Morgan fingerprint density at radius 2 is 2.35 bits per heavy atom. The third-order valence-corrected chi connectivity index (χ3v) is 4.61. The number of carbonyl (C=O) groups is 1. The summed E-state index contributed by atoms with van der Waals surface area (Å²) in [5.41, 5.74) is 5.83. The van der Waals surface area contributed by atoms with E-state index in [-0.39, 0.29) is 11.8 Å². The average Bonchev–Trinajstić information content (AvgIpc) is 2.98. The number of fused-ring (bicyclic) bond motifs is 3.